The van der Waals surface area contributed by atoms with E-state index < -0.39 is 0 Å². The zero-order valence-corrected chi connectivity index (χ0v) is 10.1. The number of aliphatic hydroxyl groups is 1. The first-order valence-electron chi connectivity index (χ1n) is 5.20. The van der Waals surface area contributed by atoms with Gasteiger partial charge in [0, 0.05) is 11.8 Å². The molecule has 0 unspecified atom stereocenters. The van der Waals surface area contributed by atoms with Crippen molar-refractivity contribution in [1.29, 1.82) is 0 Å². The molecule has 0 saturated carbocycles. The Morgan fingerprint density at radius 3 is 2.65 bits per heavy atom. The summed E-state index contributed by atoms with van der Waals surface area (Å²) < 4.78 is 5.56. The third-order valence-electron chi connectivity index (χ3n) is 2.39. The number of ether oxygens (including phenoxy) is 1. The Morgan fingerprint density at radius 1 is 1.24 bits per heavy atom. The minimum atomic E-state index is -0.0226. The molecule has 2 rings (SSSR count). The molecule has 0 aliphatic heterocycles. The van der Waals surface area contributed by atoms with Crippen molar-refractivity contribution in [3.63, 3.8) is 0 Å². The van der Waals surface area contributed by atoms with Crippen LogP contribution in [-0.4, -0.2) is 10.1 Å². The van der Waals surface area contributed by atoms with Gasteiger partial charge in [-0.25, -0.2) is 4.98 Å². The summed E-state index contributed by atoms with van der Waals surface area (Å²) in [4.78, 5) is 4.24. The van der Waals surface area contributed by atoms with Gasteiger partial charge in [-0.1, -0.05) is 23.7 Å². The summed E-state index contributed by atoms with van der Waals surface area (Å²) >= 11 is 5.98. The van der Waals surface area contributed by atoms with Crippen LogP contribution in [0.4, 0.5) is 0 Å². The van der Waals surface area contributed by atoms with E-state index in [4.69, 9.17) is 21.4 Å². The number of pyridine rings is 1. The molecule has 1 N–H and O–H groups in total. The van der Waals surface area contributed by atoms with E-state index in [1.807, 2.05) is 19.1 Å². The second kappa shape index (κ2) is 5.17. The lowest BCUT2D eigenvalue weighted by atomic mass is 10.2. The summed E-state index contributed by atoms with van der Waals surface area (Å²) in [6.07, 6.45) is 0. The van der Waals surface area contributed by atoms with Gasteiger partial charge >= 0.3 is 0 Å². The Kier molecular flexibility index (Phi) is 3.61. The summed E-state index contributed by atoms with van der Waals surface area (Å²) in [6, 6.07) is 10.7. The van der Waals surface area contributed by atoms with E-state index in [9.17, 15) is 0 Å². The number of nitrogens with zero attached hydrogens (tertiary/aromatic N) is 1. The number of para-hydroxylation sites is 1. The standard InChI is InChI=1S/C13H12ClNO2/c1-9-10(8-16)6-7-13(15-9)17-12-5-3-2-4-11(12)14/h2-7,16H,8H2,1H3. The molecule has 1 heterocycles. The Bertz CT molecular complexity index is 529. The van der Waals surface area contributed by atoms with Crippen molar-refractivity contribution in [3.8, 4) is 11.6 Å². The van der Waals surface area contributed by atoms with E-state index in [-0.39, 0.29) is 6.61 Å². The molecule has 0 aliphatic carbocycles. The Labute approximate surface area is 105 Å². The zero-order chi connectivity index (χ0) is 12.3. The normalized spacial score (nSPS) is 10.3. The van der Waals surface area contributed by atoms with Gasteiger partial charge in [-0.3, -0.25) is 0 Å². The van der Waals surface area contributed by atoms with E-state index in [0.29, 0.717) is 16.7 Å². The molecule has 0 fully saturated rings. The Balaban J connectivity index is 2.25. The molecule has 0 aliphatic rings. The fraction of sp³-hybridized carbons (Fsp3) is 0.154. The van der Waals surface area contributed by atoms with Crippen LogP contribution in [0.3, 0.4) is 0 Å². The molecule has 88 valence electrons. The van der Waals surface area contributed by atoms with Crippen molar-refractivity contribution in [1.82, 2.24) is 4.98 Å². The molecule has 0 radical (unpaired) electrons. The van der Waals surface area contributed by atoms with Gasteiger partial charge in [0.2, 0.25) is 5.88 Å². The maximum atomic E-state index is 9.04. The first-order valence-corrected chi connectivity index (χ1v) is 5.58. The lowest BCUT2D eigenvalue weighted by molar-refractivity contribution is 0.280. The summed E-state index contributed by atoms with van der Waals surface area (Å²) in [5.41, 5.74) is 1.54. The quantitative estimate of drug-likeness (QED) is 0.907. The van der Waals surface area contributed by atoms with E-state index in [1.165, 1.54) is 0 Å². The SMILES string of the molecule is Cc1nc(Oc2ccccc2Cl)ccc1CO. The fourth-order valence-electron chi connectivity index (χ4n) is 1.43. The molecule has 0 atom stereocenters. The van der Waals surface area contributed by atoms with Crippen molar-refractivity contribution < 1.29 is 9.84 Å². The number of halogens is 1. The number of rotatable bonds is 3. The predicted octanol–water partition coefficient (Wildman–Crippen LogP) is 3.33. The van der Waals surface area contributed by atoms with Crippen molar-refractivity contribution >= 4 is 11.6 Å². The molecule has 4 heteroatoms. The Morgan fingerprint density at radius 2 is 2.00 bits per heavy atom. The molecule has 3 nitrogen and oxygen atoms in total. The van der Waals surface area contributed by atoms with Crippen LogP contribution in [0.1, 0.15) is 11.3 Å². The molecule has 1 aromatic heterocycles. The number of hydrogen-bond acceptors (Lipinski definition) is 3. The van der Waals surface area contributed by atoms with Gasteiger partial charge in [0.25, 0.3) is 0 Å². The van der Waals surface area contributed by atoms with Gasteiger partial charge in [0.05, 0.1) is 11.6 Å². The molecular weight excluding hydrogens is 238 g/mol. The average molecular weight is 250 g/mol. The van der Waals surface area contributed by atoms with Gasteiger partial charge in [-0.2, -0.15) is 0 Å². The van der Waals surface area contributed by atoms with Gasteiger partial charge in [-0.05, 0) is 30.7 Å². The fourth-order valence-corrected chi connectivity index (χ4v) is 1.61. The number of aliphatic hydroxyl groups excluding tert-OH is 1. The van der Waals surface area contributed by atoms with Gasteiger partial charge in [0.15, 0.2) is 0 Å². The molecule has 0 amide bonds. The second-order valence-corrected chi connectivity index (χ2v) is 3.99. The molecule has 0 spiro atoms. The lowest BCUT2D eigenvalue weighted by Crippen LogP contribution is -1.95. The number of hydrogen-bond donors (Lipinski definition) is 1. The van der Waals surface area contributed by atoms with Crippen LogP contribution in [0.5, 0.6) is 11.6 Å². The van der Waals surface area contributed by atoms with Crippen LogP contribution < -0.4 is 4.74 Å². The smallest absolute Gasteiger partial charge is 0.219 e. The maximum Gasteiger partial charge on any atom is 0.219 e. The number of aryl methyl sites for hydroxylation is 1. The predicted molar refractivity (Wildman–Crippen MR) is 66.4 cm³/mol. The summed E-state index contributed by atoms with van der Waals surface area (Å²) in [5, 5.41) is 9.58. The number of benzene rings is 1. The van der Waals surface area contributed by atoms with E-state index >= 15 is 0 Å². The zero-order valence-electron chi connectivity index (χ0n) is 9.35. The summed E-state index contributed by atoms with van der Waals surface area (Å²) in [5.74, 6) is 1.03. The van der Waals surface area contributed by atoms with Crippen LogP contribution in [-0.2, 0) is 6.61 Å². The highest BCUT2D eigenvalue weighted by molar-refractivity contribution is 6.32. The van der Waals surface area contributed by atoms with Crippen molar-refractivity contribution in [2.24, 2.45) is 0 Å². The topological polar surface area (TPSA) is 42.4 Å². The third-order valence-corrected chi connectivity index (χ3v) is 2.70. The van der Waals surface area contributed by atoms with Crippen molar-refractivity contribution in [2.75, 3.05) is 0 Å². The van der Waals surface area contributed by atoms with E-state index in [1.54, 1.807) is 24.3 Å². The van der Waals surface area contributed by atoms with Crippen LogP contribution in [0.25, 0.3) is 0 Å². The first kappa shape index (κ1) is 11.9. The highest BCUT2D eigenvalue weighted by Gasteiger charge is 2.05. The minimum Gasteiger partial charge on any atom is -0.437 e. The monoisotopic (exact) mass is 249 g/mol. The largest absolute Gasteiger partial charge is 0.437 e. The third kappa shape index (κ3) is 2.75. The lowest BCUT2D eigenvalue weighted by Gasteiger charge is -2.08. The summed E-state index contributed by atoms with van der Waals surface area (Å²) in [7, 11) is 0. The van der Waals surface area contributed by atoms with E-state index in [2.05, 4.69) is 4.98 Å². The molecule has 0 bridgehead atoms. The number of aromatic nitrogens is 1. The second-order valence-electron chi connectivity index (χ2n) is 3.58. The van der Waals surface area contributed by atoms with Crippen LogP contribution in [0, 0.1) is 6.92 Å². The highest BCUT2D eigenvalue weighted by atomic mass is 35.5. The van der Waals surface area contributed by atoms with Crippen LogP contribution in [0.2, 0.25) is 5.02 Å². The van der Waals surface area contributed by atoms with E-state index in [0.717, 1.165) is 11.3 Å². The average Bonchev–Trinajstić information content (AvgIpc) is 2.32. The van der Waals surface area contributed by atoms with Crippen LogP contribution in [0.15, 0.2) is 36.4 Å². The highest BCUT2D eigenvalue weighted by Crippen LogP contribution is 2.28. The summed E-state index contributed by atoms with van der Waals surface area (Å²) in [6.45, 7) is 1.80. The van der Waals surface area contributed by atoms with Gasteiger partial charge in [0.1, 0.15) is 5.75 Å². The minimum absolute atomic E-state index is 0.0226. The molecule has 2 aromatic rings. The molecule has 1 aromatic carbocycles. The van der Waals surface area contributed by atoms with Gasteiger partial charge < -0.3 is 9.84 Å². The molecule has 17 heavy (non-hydrogen) atoms. The maximum absolute atomic E-state index is 9.04. The molecular formula is C13H12ClNO2. The molecule has 0 saturated heterocycles. The van der Waals surface area contributed by atoms with Crippen molar-refractivity contribution in [3.05, 3.63) is 52.7 Å². The van der Waals surface area contributed by atoms with Crippen molar-refractivity contribution in [2.45, 2.75) is 13.5 Å². The van der Waals surface area contributed by atoms with Gasteiger partial charge in [-0.15, -0.1) is 0 Å². The Hall–Kier alpha value is -1.58. The van der Waals surface area contributed by atoms with Crippen LogP contribution >= 0.6 is 11.6 Å². The first-order chi connectivity index (χ1) is 8.20.